The van der Waals surface area contributed by atoms with E-state index in [9.17, 15) is 4.79 Å². The summed E-state index contributed by atoms with van der Waals surface area (Å²) in [5, 5.41) is 4.01. The second-order valence-electron chi connectivity index (χ2n) is 4.81. The highest BCUT2D eigenvalue weighted by Crippen LogP contribution is 2.26. The van der Waals surface area contributed by atoms with E-state index in [1.165, 1.54) is 0 Å². The largest absolute Gasteiger partial charge is 0.484 e. The van der Waals surface area contributed by atoms with Crippen molar-refractivity contribution in [3.05, 3.63) is 28.2 Å². The molecule has 1 aromatic carbocycles. The fourth-order valence-electron chi connectivity index (χ4n) is 2.41. The van der Waals surface area contributed by atoms with Crippen LogP contribution in [-0.2, 0) is 4.79 Å². The normalized spacial score (nSPS) is 18.4. The van der Waals surface area contributed by atoms with Crippen LogP contribution in [0.2, 0.25) is 10.0 Å². The fraction of sp³-hybridized carbons (Fsp3) is 0.500. The highest BCUT2D eigenvalue weighted by Gasteiger charge is 2.28. The van der Waals surface area contributed by atoms with Crippen molar-refractivity contribution in [1.82, 2.24) is 10.2 Å². The number of halogens is 2. The number of likely N-dealkylation sites (N-methyl/N-ethyl adjacent to an activating group) is 1. The maximum absolute atomic E-state index is 12.2. The van der Waals surface area contributed by atoms with Gasteiger partial charge in [-0.2, -0.15) is 0 Å². The number of amides is 1. The van der Waals surface area contributed by atoms with E-state index in [-0.39, 0.29) is 18.6 Å². The summed E-state index contributed by atoms with van der Waals surface area (Å²) < 4.78 is 5.49. The molecule has 1 N–H and O–H groups in total. The zero-order valence-corrected chi connectivity index (χ0v) is 12.9. The Morgan fingerprint density at radius 2 is 2.25 bits per heavy atom. The summed E-state index contributed by atoms with van der Waals surface area (Å²) in [6.07, 6.45) is 2.09. The number of carbonyl (C=O) groups excluding carboxylic acids is 1. The Hall–Kier alpha value is -0.970. The van der Waals surface area contributed by atoms with Crippen molar-refractivity contribution < 1.29 is 9.53 Å². The highest BCUT2D eigenvalue weighted by atomic mass is 35.5. The molecule has 0 saturated carbocycles. The van der Waals surface area contributed by atoms with Gasteiger partial charge in [0, 0.05) is 25.2 Å². The molecule has 0 aliphatic carbocycles. The van der Waals surface area contributed by atoms with Crippen LogP contribution in [0.15, 0.2) is 18.2 Å². The number of carbonyl (C=O) groups is 1. The van der Waals surface area contributed by atoms with Gasteiger partial charge in [0.2, 0.25) is 0 Å². The van der Waals surface area contributed by atoms with E-state index in [0.717, 1.165) is 25.9 Å². The van der Waals surface area contributed by atoms with Crippen LogP contribution in [-0.4, -0.2) is 43.6 Å². The zero-order valence-electron chi connectivity index (χ0n) is 11.4. The second kappa shape index (κ2) is 7.16. The number of nitrogens with zero attached hydrogens (tertiary/aromatic N) is 1. The Kier molecular flexibility index (Phi) is 5.52. The van der Waals surface area contributed by atoms with Gasteiger partial charge in [-0.15, -0.1) is 0 Å². The van der Waals surface area contributed by atoms with Crippen LogP contribution in [0.25, 0.3) is 0 Å². The van der Waals surface area contributed by atoms with E-state index in [0.29, 0.717) is 15.8 Å². The molecule has 1 aromatic rings. The number of nitrogens with one attached hydrogen (secondary N) is 1. The predicted octanol–water partition coefficient (Wildman–Crippen LogP) is 2.58. The SMILES string of the molecule is CNCC1CCCN1C(=O)COc1ccc(Cl)c(Cl)c1. The van der Waals surface area contributed by atoms with Crippen molar-refractivity contribution in [3.63, 3.8) is 0 Å². The van der Waals surface area contributed by atoms with Crippen molar-refractivity contribution in [2.45, 2.75) is 18.9 Å². The Bertz CT molecular complexity index is 482. The van der Waals surface area contributed by atoms with Crippen LogP contribution in [0.5, 0.6) is 5.75 Å². The number of benzene rings is 1. The summed E-state index contributed by atoms with van der Waals surface area (Å²) in [5.74, 6) is 0.561. The van der Waals surface area contributed by atoms with Gasteiger partial charge in [0.15, 0.2) is 6.61 Å². The average Bonchev–Trinajstić information content (AvgIpc) is 2.88. The third kappa shape index (κ3) is 3.78. The summed E-state index contributed by atoms with van der Waals surface area (Å²) in [6.45, 7) is 1.65. The number of rotatable bonds is 5. The first-order valence-electron chi connectivity index (χ1n) is 6.63. The molecule has 0 radical (unpaired) electrons. The summed E-state index contributed by atoms with van der Waals surface area (Å²) in [4.78, 5) is 14.1. The molecule has 1 aliphatic rings. The molecule has 1 heterocycles. The minimum atomic E-state index is 0.00817. The van der Waals surface area contributed by atoms with Gasteiger partial charge in [-0.1, -0.05) is 23.2 Å². The smallest absolute Gasteiger partial charge is 0.260 e. The van der Waals surface area contributed by atoms with E-state index >= 15 is 0 Å². The topological polar surface area (TPSA) is 41.6 Å². The van der Waals surface area contributed by atoms with Crippen molar-refractivity contribution in [3.8, 4) is 5.75 Å². The molecule has 0 bridgehead atoms. The van der Waals surface area contributed by atoms with E-state index in [2.05, 4.69) is 5.32 Å². The molecule has 110 valence electrons. The van der Waals surface area contributed by atoms with Crippen LogP contribution in [0.4, 0.5) is 0 Å². The lowest BCUT2D eigenvalue weighted by Crippen LogP contribution is -2.43. The predicted molar refractivity (Wildman–Crippen MR) is 80.6 cm³/mol. The van der Waals surface area contributed by atoms with Gasteiger partial charge in [0.05, 0.1) is 10.0 Å². The maximum atomic E-state index is 12.2. The van der Waals surface area contributed by atoms with Crippen LogP contribution in [0.3, 0.4) is 0 Å². The summed E-state index contributed by atoms with van der Waals surface area (Å²) in [7, 11) is 1.90. The maximum Gasteiger partial charge on any atom is 0.260 e. The van der Waals surface area contributed by atoms with Gasteiger partial charge in [-0.3, -0.25) is 4.79 Å². The fourth-order valence-corrected chi connectivity index (χ4v) is 2.69. The average molecular weight is 317 g/mol. The number of ether oxygens (including phenoxy) is 1. The molecule has 1 atom stereocenters. The number of hydrogen-bond acceptors (Lipinski definition) is 3. The molecular formula is C14H18Cl2N2O2. The standard InChI is InChI=1S/C14H18Cl2N2O2/c1-17-8-10-3-2-6-18(10)14(19)9-20-11-4-5-12(15)13(16)7-11/h4-5,7,10,17H,2-3,6,8-9H2,1H3. The molecule has 1 unspecified atom stereocenters. The van der Waals surface area contributed by atoms with Crippen molar-refractivity contribution >= 4 is 29.1 Å². The molecule has 6 heteroatoms. The van der Waals surface area contributed by atoms with Crippen molar-refractivity contribution in [2.75, 3.05) is 26.7 Å². The Morgan fingerprint density at radius 1 is 1.45 bits per heavy atom. The molecule has 0 aromatic heterocycles. The highest BCUT2D eigenvalue weighted by molar-refractivity contribution is 6.42. The van der Waals surface area contributed by atoms with E-state index in [4.69, 9.17) is 27.9 Å². The first-order chi connectivity index (χ1) is 9.61. The molecule has 2 rings (SSSR count). The van der Waals surface area contributed by atoms with Crippen LogP contribution >= 0.6 is 23.2 Å². The number of likely N-dealkylation sites (tertiary alicyclic amines) is 1. The molecular weight excluding hydrogens is 299 g/mol. The Morgan fingerprint density at radius 3 is 2.95 bits per heavy atom. The molecule has 4 nitrogen and oxygen atoms in total. The molecule has 1 fully saturated rings. The van der Waals surface area contributed by atoms with Crippen LogP contribution in [0, 0.1) is 0 Å². The second-order valence-corrected chi connectivity index (χ2v) is 5.62. The van der Waals surface area contributed by atoms with Gasteiger partial charge < -0.3 is 15.0 Å². The monoisotopic (exact) mass is 316 g/mol. The lowest BCUT2D eigenvalue weighted by Gasteiger charge is -2.24. The minimum Gasteiger partial charge on any atom is -0.484 e. The van der Waals surface area contributed by atoms with Crippen LogP contribution < -0.4 is 10.1 Å². The summed E-state index contributed by atoms with van der Waals surface area (Å²) in [6, 6.07) is 5.25. The van der Waals surface area contributed by atoms with Gasteiger partial charge in [-0.25, -0.2) is 0 Å². The lowest BCUT2D eigenvalue weighted by atomic mass is 10.2. The first kappa shape index (κ1) is 15.4. The minimum absolute atomic E-state index is 0.00817. The first-order valence-corrected chi connectivity index (χ1v) is 7.39. The Balaban J connectivity index is 1.89. The quantitative estimate of drug-likeness (QED) is 0.907. The molecule has 1 aliphatic heterocycles. The van der Waals surface area contributed by atoms with Gasteiger partial charge >= 0.3 is 0 Å². The van der Waals surface area contributed by atoms with Crippen molar-refractivity contribution in [2.24, 2.45) is 0 Å². The van der Waals surface area contributed by atoms with E-state index in [1.807, 2.05) is 11.9 Å². The molecule has 0 spiro atoms. The third-order valence-electron chi connectivity index (χ3n) is 3.39. The molecule has 1 amide bonds. The molecule has 1 saturated heterocycles. The third-order valence-corrected chi connectivity index (χ3v) is 4.13. The Labute approximate surface area is 129 Å². The lowest BCUT2D eigenvalue weighted by molar-refractivity contribution is -0.134. The summed E-state index contributed by atoms with van der Waals surface area (Å²) >= 11 is 11.7. The van der Waals surface area contributed by atoms with Gasteiger partial charge in [0.1, 0.15) is 5.75 Å². The summed E-state index contributed by atoms with van der Waals surface area (Å²) in [5.41, 5.74) is 0. The van der Waals surface area contributed by atoms with Gasteiger partial charge in [-0.05, 0) is 32.0 Å². The van der Waals surface area contributed by atoms with E-state index in [1.54, 1.807) is 18.2 Å². The van der Waals surface area contributed by atoms with Crippen molar-refractivity contribution in [1.29, 1.82) is 0 Å². The van der Waals surface area contributed by atoms with Gasteiger partial charge in [0.25, 0.3) is 5.91 Å². The molecule has 20 heavy (non-hydrogen) atoms. The van der Waals surface area contributed by atoms with Crippen LogP contribution in [0.1, 0.15) is 12.8 Å². The zero-order chi connectivity index (χ0) is 14.5. The van der Waals surface area contributed by atoms with E-state index < -0.39 is 0 Å². The number of hydrogen-bond donors (Lipinski definition) is 1.